The predicted octanol–water partition coefficient (Wildman–Crippen LogP) is -1.49. The van der Waals surface area contributed by atoms with E-state index in [2.05, 4.69) is 0 Å². The van der Waals surface area contributed by atoms with Crippen molar-refractivity contribution in [3.05, 3.63) is 15.3 Å². The van der Waals surface area contributed by atoms with E-state index in [-0.39, 0.29) is 38.6 Å². The van der Waals surface area contributed by atoms with E-state index in [4.69, 9.17) is 35.7 Å². The standard InChI is InChI=1S/C6H8O7.NO3.Tb/c7-3(8)1-6(13,5(11)12)2-4(9)10;2-1(3)4;/h13H,1-2H2,(H,7,8)(H,9,10)(H,11,12);;/q;-1;. The number of aliphatic carboxylic acids is 3. The van der Waals surface area contributed by atoms with Gasteiger partial charge in [-0.15, -0.1) is 0 Å². The predicted molar refractivity (Wildman–Crippen MR) is 47.5 cm³/mol. The molecule has 0 spiro atoms. The van der Waals surface area contributed by atoms with E-state index in [0.717, 1.165) is 0 Å². The van der Waals surface area contributed by atoms with Gasteiger partial charge in [0.25, 0.3) is 0 Å². The Balaban J connectivity index is -0.000000392. The summed E-state index contributed by atoms with van der Waals surface area (Å²) in [6.45, 7) is 0. The fraction of sp³-hybridized carbons (Fsp3) is 0.500. The van der Waals surface area contributed by atoms with Crippen LogP contribution < -0.4 is 0 Å². The molecule has 107 valence electrons. The Bertz CT molecular complexity index is 308. The van der Waals surface area contributed by atoms with Gasteiger partial charge in [-0.1, -0.05) is 0 Å². The first kappa shape index (κ1) is 22.1. The summed E-state index contributed by atoms with van der Waals surface area (Å²) in [4.78, 5) is 38.7. The molecule has 0 saturated heterocycles. The molecule has 0 aromatic carbocycles. The van der Waals surface area contributed by atoms with Crippen LogP contribution in [0.4, 0.5) is 0 Å². The van der Waals surface area contributed by atoms with Crippen molar-refractivity contribution in [2.24, 2.45) is 0 Å². The van der Waals surface area contributed by atoms with Crippen LogP contribution in [-0.4, -0.2) is 49.0 Å². The van der Waals surface area contributed by atoms with E-state index >= 15 is 0 Å². The molecule has 0 aliphatic heterocycles. The third-order valence-corrected chi connectivity index (χ3v) is 1.29. The summed E-state index contributed by atoms with van der Waals surface area (Å²) in [6.07, 6.45) is -2.29. The molecule has 4 N–H and O–H groups in total. The van der Waals surface area contributed by atoms with Crippen LogP contribution in [0.1, 0.15) is 12.8 Å². The summed E-state index contributed by atoms with van der Waals surface area (Å²) in [5, 5.41) is 48.6. The zero-order valence-corrected chi connectivity index (χ0v) is 10.6. The second-order valence-electron chi connectivity index (χ2n) is 2.70. The third kappa shape index (κ3) is 12.9. The first-order chi connectivity index (χ1) is 7.51. The number of rotatable bonds is 5. The van der Waals surface area contributed by atoms with Crippen molar-refractivity contribution in [1.82, 2.24) is 0 Å². The van der Waals surface area contributed by atoms with Crippen molar-refractivity contribution in [2.45, 2.75) is 18.4 Å². The molecule has 0 bridgehead atoms. The van der Waals surface area contributed by atoms with Crippen molar-refractivity contribution in [2.75, 3.05) is 0 Å². The van der Waals surface area contributed by atoms with E-state index in [1.54, 1.807) is 0 Å². The maximum atomic E-state index is 10.3. The van der Waals surface area contributed by atoms with E-state index in [1.165, 1.54) is 0 Å². The number of nitrogens with zero attached hydrogens (tertiary/aromatic N) is 1. The molecular formula is C6H8NO10Tb-. The minimum absolute atomic E-state index is 0. The number of hydrogen-bond acceptors (Lipinski definition) is 7. The van der Waals surface area contributed by atoms with Crippen LogP contribution in [0.2, 0.25) is 0 Å². The summed E-state index contributed by atoms with van der Waals surface area (Å²) < 4.78 is 0. The van der Waals surface area contributed by atoms with Gasteiger partial charge in [0, 0.05) is 38.6 Å². The van der Waals surface area contributed by atoms with E-state index in [1.807, 2.05) is 0 Å². The van der Waals surface area contributed by atoms with Gasteiger partial charge in [-0.25, -0.2) is 4.79 Å². The molecule has 0 aromatic rings. The van der Waals surface area contributed by atoms with Gasteiger partial charge in [-0.2, -0.15) is 0 Å². The summed E-state index contributed by atoms with van der Waals surface area (Å²) in [6, 6.07) is 0. The van der Waals surface area contributed by atoms with Crippen molar-refractivity contribution >= 4 is 17.9 Å². The van der Waals surface area contributed by atoms with E-state index in [0.29, 0.717) is 0 Å². The molecule has 1 radical (unpaired) electrons. The van der Waals surface area contributed by atoms with E-state index in [9.17, 15) is 14.4 Å². The van der Waals surface area contributed by atoms with Crippen LogP contribution in [0.3, 0.4) is 0 Å². The second kappa shape index (κ2) is 9.84. The smallest absolute Gasteiger partial charge is 0.336 e. The van der Waals surface area contributed by atoms with Crippen LogP contribution in [0, 0.1) is 53.9 Å². The molecule has 0 unspecified atom stereocenters. The summed E-state index contributed by atoms with van der Waals surface area (Å²) in [5.41, 5.74) is -2.74. The van der Waals surface area contributed by atoms with Crippen molar-refractivity contribution in [1.29, 1.82) is 0 Å². The quantitative estimate of drug-likeness (QED) is 0.304. The van der Waals surface area contributed by atoms with Crippen LogP contribution in [-0.2, 0) is 14.4 Å². The average Bonchev–Trinajstić information content (AvgIpc) is 1.98. The topological polar surface area (TPSA) is 198 Å². The van der Waals surface area contributed by atoms with Gasteiger partial charge in [0.05, 0.1) is 17.9 Å². The molecule has 18 heavy (non-hydrogen) atoms. The van der Waals surface area contributed by atoms with Crippen molar-refractivity contribution in [3.63, 3.8) is 0 Å². The van der Waals surface area contributed by atoms with Gasteiger partial charge in [-0.3, -0.25) is 9.59 Å². The summed E-state index contributed by atoms with van der Waals surface area (Å²) >= 11 is 0. The normalized spacial score (nSPS) is 9.17. The first-order valence-electron chi connectivity index (χ1n) is 3.72. The molecule has 0 amide bonds. The molecule has 0 heterocycles. The summed E-state index contributed by atoms with van der Waals surface area (Å²) in [5.74, 6) is -5.02. The summed E-state index contributed by atoms with van der Waals surface area (Å²) in [7, 11) is 0. The molecular weight excluding hydrogens is 405 g/mol. The number of hydrogen-bond donors (Lipinski definition) is 4. The fourth-order valence-corrected chi connectivity index (χ4v) is 0.714. The maximum absolute atomic E-state index is 10.3. The monoisotopic (exact) mass is 413 g/mol. The van der Waals surface area contributed by atoms with Crippen LogP contribution in [0.15, 0.2) is 0 Å². The number of carboxylic acids is 3. The third-order valence-electron chi connectivity index (χ3n) is 1.29. The SMILES string of the molecule is O=C(O)CC(O)(CC(=O)O)C(=O)O.O=[N+]([O-])[O-].[Tb]. The molecule has 12 heteroatoms. The minimum atomic E-state index is -2.74. The first-order valence-corrected chi connectivity index (χ1v) is 3.72. The molecule has 11 nitrogen and oxygen atoms in total. The van der Waals surface area contributed by atoms with Crippen molar-refractivity contribution < 1.29 is 78.5 Å². The molecule has 0 aliphatic rings. The number of aliphatic hydroxyl groups is 1. The zero-order chi connectivity index (χ0) is 14.2. The number of carbonyl (C=O) groups is 3. The fourth-order valence-electron chi connectivity index (χ4n) is 0.714. The Kier molecular flexibility index (Phi) is 12.1. The molecule has 0 aliphatic carbocycles. The Morgan fingerprint density at radius 1 is 1.00 bits per heavy atom. The number of carboxylic acid groups (broad SMARTS) is 3. The molecule has 0 fully saturated rings. The molecule has 0 atom stereocenters. The van der Waals surface area contributed by atoms with E-state index < -0.39 is 41.4 Å². The van der Waals surface area contributed by atoms with Gasteiger partial charge >= 0.3 is 17.9 Å². The van der Waals surface area contributed by atoms with Gasteiger partial charge in [0.2, 0.25) is 0 Å². The van der Waals surface area contributed by atoms with Gasteiger partial charge in [-0.05, 0) is 0 Å². The Hall–Kier alpha value is -1.14. The Morgan fingerprint density at radius 3 is 1.33 bits per heavy atom. The minimum Gasteiger partial charge on any atom is -0.481 e. The van der Waals surface area contributed by atoms with Crippen LogP contribution in [0.25, 0.3) is 0 Å². The largest absolute Gasteiger partial charge is 0.481 e. The Morgan fingerprint density at radius 2 is 1.22 bits per heavy atom. The molecule has 0 aromatic heterocycles. The maximum Gasteiger partial charge on any atom is 0.336 e. The second-order valence-corrected chi connectivity index (χ2v) is 2.70. The zero-order valence-electron chi connectivity index (χ0n) is 8.43. The van der Waals surface area contributed by atoms with Crippen molar-refractivity contribution in [3.8, 4) is 0 Å². The van der Waals surface area contributed by atoms with Gasteiger partial charge in [0.15, 0.2) is 5.60 Å². The molecule has 0 saturated carbocycles. The Labute approximate surface area is 130 Å². The molecule has 0 rings (SSSR count). The van der Waals surface area contributed by atoms with Gasteiger partial charge in [0.1, 0.15) is 0 Å². The van der Waals surface area contributed by atoms with Crippen LogP contribution in [0.5, 0.6) is 0 Å². The van der Waals surface area contributed by atoms with Gasteiger partial charge < -0.3 is 35.7 Å². The average molecular weight is 413 g/mol. The van der Waals surface area contributed by atoms with Crippen LogP contribution >= 0.6 is 0 Å².